The molecule has 1 aromatic rings. The molecule has 0 aromatic carbocycles. The lowest BCUT2D eigenvalue weighted by molar-refractivity contribution is 0.0225. The predicted octanol–water partition coefficient (Wildman–Crippen LogP) is 1.71. The van der Waals surface area contributed by atoms with Crippen LogP contribution in [0.3, 0.4) is 0 Å². The van der Waals surface area contributed by atoms with E-state index < -0.39 is 14.6 Å². The second-order valence-electron chi connectivity index (χ2n) is 7.80. The zero-order valence-electron chi connectivity index (χ0n) is 14.5. The van der Waals surface area contributed by atoms with E-state index in [-0.39, 0.29) is 5.92 Å². The van der Waals surface area contributed by atoms with Crippen LogP contribution in [0.15, 0.2) is 4.52 Å². The Morgan fingerprint density at radius 2 is 2.00 bits per heavy atom. The van der Waals surface area contributed by atoms with E-state index in [9.17, 15) is 8.42 Å². The van der Waals surface area contributed by atoms with Gasteiger partial charge in [0.25, 0.3) is 0 Å². The summed E-state index contributed by atoms with van der Waals surface area (Å²) < 4.78 is 35.8. The average molecular weight is 354 g/mol. The van der Waals surface area contributed by atoms with Gasteiger partial charge in [0.2, 0.25) is 0 Å². The zero-order valence-corrected chi connectivity index (χ0v) is 15.3. The topological polar surface area (TPSA) is 72.6 Å². The summed E-state index contributed by atoms with van der Waals surface area (Å²) in [4.78, 5) is 2.20. The summed E-state index contributed by atoms with van der Waals surface area (Å²) in [5, 5.41) is 3.98. The largest absolute Gasteiger partial charge is 0.381 e. The highest BCUT2D eigenvalue weighted by Crippen LogP contribution is 2.45. The van der Waals surface area contributed by atoms with Gasteiger partial charge in [-0.3, -0.25) is 4.90 Å². The van der Waals surface area contributed by atoms with Crippen molar-refractivity contribution < 1.29 is 17.7 Å². The number of ether oxygens (including phenoxy) is 1. The third-order valence-corrected chi connectivity index (χ3v) is 8.62. The number of sulfone groups is 1. The molecule has 1 atom stereocenters. The van der Waals surface area contributed by atoms with Gasteiger partial charge in [0, 0.05) is 37.7 Å². The van der Waals surface area contributed by atoms with Crippen molar-refractivity contribution in [3.05, 3.63) is 17.0 Å². The predicted molar refractivity (Wildman–Crippen MR) is 89.4 cm³/mol. The van der Waals surface area contributed by atoms with Gasteiger partial charge in [0.05, 0.1) is 18.1 Å². The second-order valence-corrected chi connectivity index (χ2v) is 10.2. The molecule has 4 rings (SSSR count). The Labute approximate surface area is 143 Å². The molecule has 3 fully saturated rings. The lowest BCUT2D eigenvalue weighted by atomic mass is 9.83. The van der Waals surface area contributed by atoms with Crippen LogP contribution in [-0.2, 0) is 21.1 Å². The molecule has 7 heteroatoms. The highest BCUT2D eigenvalue weighted by molar-refractivity contribution is 7.93. The first-order valence-electron chi connectivity index (χ1n) is 8.85. The lowest BCUT2D eigenvalue weighted by Crippen LogP contribution is -2.67. The summed E-state index contributed by atoms with van der Waals surface area (Å²) >= 11 is 0. The van der Waals surface area contributed by atoms with Crippen LogP contribution in [0.5, 0.6) is 0 Å². The summed E-state index contributed by atoms with van der Waals surface area (Å²) in [5.41, 5.74) is 1.98. The fourth-order valence-electron chi connectivity index (χ4n) is 4.14. The van der Waals surface area contributed by atoms with Crippen LogP contribution in [0.4, 0.5) is 0 Å². The lowest BCUT2D eigenvalue weighted by Gasteiger charge is -2.50. The number of aromatic nitrogens is 1. The fraction of sp³-hybridized carbons (Fsp3) is 0.824. The van der Waals surface area contributed by atoms with Crippen LogP contribution in [0.25, 0.3) is 0 Å². The van der Waals surface area contributed by atoms with Crippen molar-refractivity contribution in [2.24, 2.45) is 11.8 Å². The Morgan fingerprint density at radius 3 is 2.62 bits per heavy atom. The fourth-order valence-corrected chi connectivity index (χ4v) is 6.60. The first-order valence-corrected chi connectivity index (χ1v) is 10.5. The first-order chi connectivity index (χ1) is 11.4. The van der Waals surface area contributed by atoms with Gasteiger partial charge >= 0.3 is 0 Å². The van der Waals surface area contributed by atoms with Crippen molar-refractivity contribution in [3.8, 4) is 0 Å². The van der Waals surface area contributed by atoms with E-state index in [4.69, 9.17) is 9.26 Å². The van der Waals surface area contributed by atoms with Crippen LogP contribution in [0.2, 0.25) is 0 Å². The quantitative estimate of drug-likeness (QED) is 0.774. The van der Waals surface area contributed by atoms with Gasteiger partial charge < -0.3 is 9.26 Å². The Morgan fingerprint density at radius 1 is 1.25 bits per heavy atom. The van der Waals surface area contributed by atoms with Gasteiger partial charge in [0.1, 0.15) is 10.5 Å². The minimum atomic E-state index is -3.03. The summed E-state index contributed by atoms with van der Waals surface area (Å²) in [6.07, 6.45) is 3.27. The summed E-state index contributed by atoms with van der Waals surface area (Å²) in [6, 6.07) is 0. The highest BCUT2D eigenvalue weighted by Gasteiger charge is 2.61. The summed E-state index contributed by atoms with van der Waals surface area (Å²) in [6.45, 7) is 7.17. The molecule has 2 aliphatic heterocycles. The van der Waals surface area contributed by atoms with E-state index >= 15 is 0 Å². The van der Waals surface area contributed by atoms with Gasteiger partial charge in [-0.25, -0.2) is 8.42 Å². The molecular formula is C17H26N2O4S. The van der Waals surface area contributed by atoms with Crippen LogP contribution >= 0.6 is 0 Å². The molecule has 3 aliphatic rings. The molecule has 0 bridgehead atoms. The Hall–Kier alpha value is -0.920. The SMILES string of the molecule is Cc1noc(C)c1CN1CC2(C1)[C@@H](COCC1CC1)CCS2(=O)=O. The third-order valence-electron chi connectivity index (χ3n) is 6.01. The molecule has 0 amide bonds. The van der Waals surface area contributed by atoms with Crippen molar-refractivity contribution in [2.75, 3.05) is 32.1 Å². The van der Waals surface area contributed by atoms with Crippen LogP contribution in [-0.4, -0.2) is 55.3 Å². The molecule has 2 saturated heterocycles. The van der Waals surface area contributed by atoms with Crippen molar-refractivity contribution >= 4 is 9.84 Å². The smallest absolute Gasteiger partial charge is 0.158 e. The van der Waals surface area contributed by atoms with Gasteiger partial charge in [-0.15, -0.1) is 0 Å². The molecule has 0 radical (unpaired) electrons. The standard InChI is InChI=1S/C17H26N2O4S/c1-12-16(13(2)23-18-12)7-19-10-17(11-19)15(5-6-24(17,20)21)9-22-8-14-3-4-14/h14-15H,3-11H2,1-2H3/t15-/m1/s1. The summed E-state index contributed by atoms with van der Waals surface area (Å²) in [7, 11) is -3.03. The number of likely N-dealkylation sites (tertiary alicyclic amines) is 1. The van der Waals surface area contributed by atoms with Gasteiger partial charge in [-0.2, -0.15) is 0 Å². The maximum atomic E-state index is 12.7. The number of rotatable bonds is 6. The summed E-state index contributed by atoms with van der Waals surface area (Å²) in [5.74, 6) is 1.99. The van der Waals surface area contributed by atoms with E-state index in [1.54, 1.807) is 0 Å². The molecule has 3 heterocycles. The number of nitrogens with zero attached hydrogens (tertiary/aromatic N) is 2. The monoisotopic (exact) mass is 354 g/mol. The molecule has 0 N–H and O–H groups in total. The molecule has 1 aliphatic carbocycles. The number of hydrogen-bond acceptors (Lipinski definition) is 6. The van der Waals surface area contributed by atoms with Gasteiger partial charge in [-0.1, -0.05) is 5.16 Å². The van der Waals surface area contributed by atoms with Crippen molar-refractivity contribution in [1.29, 1.82) is 0 Å². The molecule has 1 aromatic heterocycles. The van der Waals surface area contributed by atoms with Crippen LogP contribution < -0.4 is 0 Å². The minimum absolute atomic E-state index is 0.141. The first kappa shape index (κ1) is 16.5. The van der Waals surface area contributed by atoms with Crippen molar-refractivity contribution in [1.82, 2.24) is 10.1 Å². The maximum Gasteiger partial charge on any atom is 0.158 e. The number of aryl methyl sites for hydroxylation is 2. The molecule has 6 nitrogen and oxygen atoms in total. The Kier molecular flexibility index (Phi) is 4.01. The van der Waals surface area contributed by atoms with E-state index in [1.165, 1.54) is 12.8 Å². The van der Waals surface area contributed by atoms with E-state index in [0.717, 1.165) is 36.0 Å². The third kappa shape index (κ3) is 2.70. The maximum absolute atomic E-state index is 12.7. The zero-order chi connectivity index (χ0) is 16.9. The molecule has 1 spiro atoms. The van der Waals surface area contributed by atoms with Crippen molar-refractivity contribution in [3.63, 3.8) is 0 Å². The molecule has 1 saturated carbocycles. The van der Waals surface area contributed by atoms with E-state index in [2.05, 4.69) is 10.1 Å². The van der Waals surface area contributed by atoms with Crippen LogP contribution in [0.1, 0.15) is 36.3 Å². The van der Waals surface area contributed by atoms with Crippen LogP contribution in [0, 0.1) is 25.7 Å². The van der Waals surface area contributed by atoms with Crippen molar-refractivity contribution in [2.45, 2.75) is 44.4 Å². The minimum Gasteiger partial charge on any atom is -0.381 e. The normalized spacial score (nSPS) is 28.3. The molecule has 24 heavy (non-hydrogen) atoms. The highest BCUT2D eigenvalue weighted by atomic mass is 32.2. The second kappa shape index (κ2) is 5.81. The Bertz CT molecular complexity index is 697. The molecule has 0 unspecified atom stereocenters. The van der Waals surface area contributed by atoms with E-state index in [0.29, 0.717) is 32.0 Å². The Balaban J connectivity index is 1.41. The van der Waals surface area contributed by atoms with Gasteiger partial charge in [-0.05, 0) is 39.0 Å². The average Bonchev–Trinajstić information content (AvgIpc) is 3.20. The van der Waals surface area contributed by atoms with Gasteiger partial charge in [0.15, 0.2) is 9.84 Å². The number of hydrogen-bond donors (Lipinski definition) is 0. The van der Waals surface area contributed by atoms with E-state index in [1.807, 2.05) is 13.8 Å². The molecule has 134 valence electrons. The molecular weight excluding hydrogens is 328 g/mol.